The lowest BCUT2D eigenvalue weighted by atomic mass is 10.1. The van der Waals surface area contributed by atoms with Gasteiger partial charge in [-0.15, -0.1) is 0 Å². The molecule has 2 aromatic carbocycles. The Bertz CT molecular complexity index is 584. The summed E-state index contributed by atoms with van der Waals surface area (Å²) in [6.07, 6.45) is 0. The van der Waals surface area contributed by atoms with E-state index < -0.39 is 0 Å². The molecule has 0 bridgehead atoms. The molecule has 2 rings (SSSR count). The Morgan fingerprint density at radius 3 is 2.42 bits per heavy atom. The number of rotatable bonds is 4. The molecule has 4 heteroatoms. The topological polar surface area (TPSA) is 35.2 Å². The fourth-order valence-corrected chi connectivity index (χ4v) is 1.85. The van der Waals surface area contributed by atoms with E-state index in [9.17, 15) is 8.78 Å². The van der Waals surface area contributed by atoms with Gasteiger partial charge in [-0.05, 0) is 53.9 Å². The van der Waals surface area contributed by atoms with Crippen LogP contribution in [0.4, 0.5) is 8.78 Å². The number of hydrogen-bond acceptors (Lipinski definition) is 2. The van der Waals surface area contributed by atoms with Gasteiger partial charge in [0.1, 0.15) is 24.0 Å². The maximum absolute atomic E-state index is 13.3. The van der Waals surface area contributed by atoms with Gasteiger partial charge < -0.3 is 10.5 Å². The van der Waals surface area contributed by atoms with Crippen molar-refractivity contribution in [1.82, 2.24) is 0 Å². The van der Waals surface area contributed by atoms with Crippen LogP contribution in [0.15, 0.2) is 36.4 Å². The third-order valence-corrected chi connectivity index (χ3v) is 2.78. The van der Waals surface area contributed by atoms with Gasteiger partial charge in [0.15, 0.2) is 0 Å². The normalized spacial score (nSPS) is 10.5. The van der Waals surface area contributed by atoms with E-state index >= 15 is 0 Å². The molecule has 2 N–H and O–H groups in total. The van der Waals surface area contributed by atoms with Gasteiger partial charge in [-0.1, -0.05) is 6.07 Å². The average molecular weight is 263 g/mol. The summed E-state index contributed by atoms with van der Waals surface area (Å²) in [6.45, 7) is 2.26. The zero-order chi connectivity index (χ0) is 13.8. The molecule has 0 aliphatic carbocycles. The summed E-state index contributed by atoms with van der Waals surface area (Å²) in [6, 6.07) is 8.88. The first kappa shape index (κ1) is 13.5. The van der Waals surface area contributed by atoms with Crippen LogP contribution in [0, 0.1) is 18.6 Å². The largest absolute Gasteiger partial charge is 0.489 e. The Hall–Kier alpha value is -1.94. The number of benzene rings is 2. The van der Waals surface area contributed by atoms with E-state index in [-0.39, 0.29) is 24.8 Å². The molecule has 0 saturated carbocycles. The zero-order valence-corrected chi connectivity index (χ0v) is 10.6. The first-order valence-electron chi connectivity index (χ1n) is 5.96. The summed E-state index contributed by atoms with van der Waals surface area (Å²) in [4.78, 5) is 0. The summed E-state index contributed by atoms with van der Waals surface area (Å²) in [5.74, 6) is -0.0571. The highest BCUT2D eigenvalue weighted by Gasteiger charge is 2.04. The van der Waals surface area contributed by atoms with Crippen LogP contribution < -0.4 is 10.5 Å². The molecule has 0 aliphatic heterocycles. The predicted octanol–water partition coefficient (Wildman–Crippen LogP) is 3.31. The van der Waals surface area contributed by atoms with Gasteiger partial charge >= 0.3 is 0 Å². The maximum Gasteiger partial charge on any atom is 0.123 e. The van der Waals surface area contributed by atoms with Gasteiger partial charge in [-0.3, -0.25) is 0 Å². The lowest BCUT2D eigenvalue weighted by Gasteiger charge is -2.10. The molecule has 19 heavy (non-hydrogen) atoms. The van der Waals surface area contributed by atoms with Gasteiger partial charge in [0.2, 0.25) is 0 Å². The standard InChI is InChI=1S/C15H15F2NO/c1-10-4-13(16)2-3-15(10)19-9-12-5-11(8-18)6-14(17)7-12/h2-7H,8-9,18H2,1H3. The minimum Gasteiger partial charge on any atom is -0.489 e. The summed E-state index contributed by atoms with van der Waals surface area (Å²) in [7, 11) is 0. The Morgan fingerprint density at radius 2 is 1.74 bits per heavy atom. The molecule has 0 radical (unpaired) electrons. The first-order chi connectivity index (χ1) is 9.08. The minimum absolute atomic E-state index is 0.219. The second kappa shape index (κ2) is 5.80. The van der Waals surface area contributed by atoms with E-state index in [4.69, 9.17) is 10.5 Å². The van der Waals surface area contributed by atoms with Crippen molar-refractivity contribution in [2.24, 2.45) is 5.73 Å². The van der Waals surface area contributed by atoms with Crippen LogP contribution >= 0.6 is 0 Å². The molecule has 2 aromatic rings. The zero-order valence-electron chi connectivity index (χ0n) is 10.6. The highest BCUT2D eigenvalue weighted by atomic mass is 19.1. The van der Waals surface area contributed by atoms with Crippen molar-refractivity contribution < 1.29 is 13.5 Å². The molecule has 0 spiro atoms. The van der Waals surface area contributed by atoms with Gasteiger partial charge in [0.25, 0.3) is 0 Å². The van der Waals surface area contributed by atoms with Crippen LogP contribution in [-0.4, -0.2) is 0 Å². The molecule has 0 aromatic heterocycles. The quantitative estimate of drug-likeness (QED) is 0.918. The number of hydrogen-bond donors (Lipinski definition) is 1. The molecule has 0 aliphatic rings. The predicted molar refractivity (Wildman–Crippen MR) is 69.8 cm³/mol. The van der Waals surface area contributed by atoms with Crippen molar-refractivity contribution >= 4 is 0 Å². The Balaban J connectivity index is 2.12. The lowest BCUT2D eigenvalue weighted by molar-refractivity contribution is 0.303. The van der Waals surface area contributed by atoms with Crippen LogP contribution in [0.5, 0.6) is 5.75 Å². The maximum atomic E-state index is 13.3. The summed E-state index contributed by atoms with van der Waals surface area (Å²) in [5, 5.41) is 0. The van der Waals surface area contributed by atoms with E-state index in [1.165, 1.54) is 24.3 Å². The SMILES string of the molecule is Cc1cc(F)ccc1OCc1cc(F)cc(CN)c1. The van der Waals surface area contributed by atoms with Crippen molar-refractivity contribution in [3.8, 4) is 5.75 Å². The number of halogens is 2. The number of aryl methyl sites for hydroxylation is 1. The van der Waals surface area contributed by atoms with E-state index in [0.717, 1.165) is 5.56 Å². The van der Waals surface area contributed by atoms with E-state index in [2.05, 4.69) is 0 Å². The third kappa shape index (κ3) is 3.51. The molecule has 0 fully saturated rings. The van der Waals surface area contributed by atoms with Gasteiger partial charge in [0, 0.05) is 6.54 Å². The molecule has 0 saturated heterocycles. The Morgan fingerprint density at radius 1 is 1.00 bits per heavy atom. The van der Waals surface area contributed by atoms with Crippen molar-refractivity contribution in [3.05, 3.63) is 64.7 Å². The van der Waals surface area contributed by atoms with Gasteiger partial charge in [-0.25, -0.2) is 8.78 Å². The van der Waals surface area contributed by atoms with Crippen molar-refractivity contribution in [3.63, 3.8) is 0 Å². The molecule has 0 heterocycles. The second-order valence-corrected chi connectivity index (χ2v) is 4.37. The summed E-state index contributed by atoms with van der Waals surface area (Å²) >= 11 is 0. The average Bonchev–Trinajstić information content (AvgIpc) is 2.37. The lowest BCUT2D eigenvalue weighted by Crippen LogP contribution is -2.02. The van der Waals surface area contributed by atoms with Crippen LogP contribution in [-0.2, 0) is 13.2 Å². The smallest absolute Gasteiger partial charge is 0.123 e. The minimum atomic E-state index is -0.336. The van der Waals surface area contributed by atoms with Crippen LogP contribution in [0.25, 0.3) is 0 Å². The van der Waals surface area contributed by atoms with Crippen LogP contribution in [0.2, 0.25) is 0 Å². The molecule has 100 valence electrons. The van der Waals surface area contributed by atoms with E-state index in [0.29, 0.717) is 16.9 Å². The Kier molecular flexibility index (Phi) is 4.12. The summed E-state index contributed by atoms with van der Waals surface area (Å²) in [5.41, 5.74) is 7.61. The molecule has 0 atom stereocenters. The molecule has 0 amide bonds. The van der Waals surface area contributed by atoms with Gasteiger partial charge in [-0.2, -0.15) is 0 Å². The highest BCUT2D eigenvalue weighted by molar-refractivity contribution is 5.33. The van der Waals surface area contributed by atoms with Crippen molar-refractivity contribution in [2.75, 3.05) is 0 Å². The van der Waals surface area contributed by atoms with Crippen molar-refractivity contribution in [2.45, 2.75) is 20.1 Å². The monoisotopic (exact) mass is 263 g/mol. The fourth-order valence-electron chi connectivity index (χ4n) is 1.85. The fraction of sp³-hybridized carbons (Fsp3) is 0.200. The third-order valence-electron chi connectivity index (χ3n) is 2.78. The Labute approximate surface area is 110 Å². The van der Waals surface area contributed by atoms with Crippen molar-refractivity contribution in [1.29, 1.82) is 0 Å². The number of ether oxygens (including phenoxy) is 1. The van der Waals surface area contributed by atoms with Crippen LogP contribution in [0.3, 0.4) is 0 Å². The van der Waals surface area contributed by atoms with Crippen LogP contribution in [0.1, 0.15) is 16.7 Å². The number of nitrogens with two attached hydrogens (primary N) is 1. The molecular formula is C15H15F2NO. The van der Waals surface area contributed by atoms with Gasteiger partial charge in [0.05, 0.1) is 0 Å². The first-order valence-corrected chi connectivity index (χ1v) is 5.96. The second-order valence-electron chi connectivity index (χ2n) is 4.37. The molecule has 2 nitrogen and oxygen atoms in total. The van der Waals surface area contributed by atoms with E-state index in [1.807, 2.05) is 0 Å². The van der Waals surface area contributed by atoms with E-state index in [1.54, 1.807) is 19.1 Å². The summed E-state index contributed by atoms with van der Waals surface area (Å²) < 4.78 is 31.8. The highest BCUT2D eigenvalue weighted by Crippen LogP contribution is 2.20. The molecular weight excluding hydrogens is 248 g/mol. The molecule has 0 unspecified atom stereocenters.